The first-order chi connectivity index (χ1) is 13.9. The van der Waals surface area contributed by atoms with Crippen molar-refractivity contribution < 1.29 is 18.3 Å². The van der Waals surface area contributed by atoms with Crippen molar-refractivity contribution in [2.45, 2.75) is 57.7 Å². The van der Waals surface area contributed by atoms with E-state index < -0.39 is 12.5 Å². The summed E-state index contributed by atoms with van der Waals surface area (Å²) in [5, 5.41) is 7.67. The zero-order valence-corrected chi connectivity index (χ0v) is 17.2. The molecular weight excluding hydrogens is 380 g/mol. The van der Waals surface area contributed by atoms with Gasteiger partial charge in [-0.15, -0.1) is 0 Å². The van der Waals surface area contributed by atoms with E-state index in [1.165, 1.54) is 4.68 Å². The van der Waals surface area contributed by atoms with Crippen LogP contribution >= 0.6 is 0 Å². The van der Waals surface area contributed by atoms with Crippen LogP contribution < -0.4 is 5.32 Å². The molecule has 2 fully saturated rings. The van der Waals surface area contributed by atoms with Gasteiger partial charge in [-0.2, -0.15) is 5.10 Å². The summed E-state index contributed by atoms with van der Waals surface area (Å²) in [5.41, 5.74) is 0.735. The summed E-state index contributed by atoms with van der Waals surface area (Å²) in [6.45, 7) is 8.01. The van der Waals surface area contributed by atoms with Crippen LogP contribution in [0.5, 0.6) is 0 Å². The first-order valence-corrected chi connectivity index (χ1v) is 10.7. The van der Waals surface area contributed by atoms with Crippen LogP contribution in [-0.4, -0.2) is 83.4 Å². The van der Waals surface area contributed by atoms with Gasteiger partial charge in [0, 0.05) is 38.3 Å². The molecular formula is C20H31F2N5O2. The number of nitrogens with zero attached hydrogens (tertiary/aromatic N) is 4. The van der Waals surface area contributed by atoms with E-state index in [2.05, 4.69) is 15.3 Å². The third kappa shape index (κ3) is 4.26. The Morgan fingerprint density at radius 2 is 2.07 bits per heavy atom. The number of anilines is 1. The predicted octanol–water partition coefficient (Wildman–Crippen LogP) is 2.14. The Bertz CT molecular complexity index is 722. The maximum Gasteiger partial charge on any atom is 0.260 e. The van der Waals surface area contributed by atoms with Crippen molar-refractivity contribution in [2.75, 3.05) is 44.7 Å². The molecule has 0 aliphatic carbocycles. The van der Waals surface area contributed by atoms with Crippen LogP contribution in [0.3, 0.4) is 0 Å². The Labute approximate surface area is 170 Å². The number of ether oxygens (including phenoxy) is 1. The van der Waals surface area contributed by atoms with Gasteiger partial charge in [-0.05, 0) is 39.0 Å². The van der Waals surface area contributed by atoms with Gasteiger partial charge in [0.25, 0.3) is 6.43 Å². The van der Waals surface area contributed by atoms with Gasteiger partial charge in [-0.25, -0.2) is 13.5 Å². The number of piperidine rings is 1. The lowest BCUT2D eigenvalue weighted by Gasteiger charge is -2.42. The standard InChI is InChI=1S/C20H31F2N5O2/c1-13-10-18-23-16(11-17(19(21)22)27(18)24-13)15-4-3-5-26(12-15)20(28)14(2)25-6-8-29-9-7-25/h10,14-17,19,23H,3-9,11-12H2,1-2H3/t14-,15+,16-,17+/m0/s1. The molecule has 3 aliphatic heterocycles. The van der Waals surface area contributed by atoms with Gasteiger partial charge in [-0.3, -0.25) is 9.69 Å². The number of aromatic nitrogens is 2. The van der Waals surface area contributed by atoms with Gasteiger partial charge in [0.15, 0.2) is 0 Å². The zero-order chi connectivity index (χ0) is 20.5. The van der Waals surface area contributed by atoms with E-state index >= 15 is 0 Å². The quantitative estimate of drug-likeness (QED) is 0.823. The van der Waals surface area contributed by atoms with E-state index in [-0.39, 0.29) is 23.9 Å². The van der Waals surface area contributed by atoms with Crippen LogP contribution in [0.4, 0.5) is 14.6 Å². The number of fused-ring (bicyclic) bond motifs is 1. The second kappa shape index (κ2) is 8.55. The highest BCUT2D eigenvalue weighted by Crippen LogP contribution is 2.36. The monoisotopic (exact) mass is 411 g/mol. The smallest absolute Gasteiger partial charge is 0.260 e. The van der Waals surface area contributed by atoms with Crippen LogP contribution in [0.25, 0.3) is 0 Å². The van der Waals surface area contributed by atoms with E-state index in [0.717, 1.165) is 38.2 Å². The topological polar surface area (TPSA) is 62.6 Å². The Balaban J connectivity index is 1.43. The SMILES string of the molecule is Cc1cc2n(n1)[C@@H](C(F)F)C[C@@H]([C@@H]1CCCN(C(=O)[C@H](C)N3CCOCC3)C1)N2. The molecule has 0 aromatic carbocycles. The Hall–Kier alpha value is -1.74. The minimum atomic E-state index is -2.46. The molecule has 162 valence electrons. The van der Waals surface area contributed by atoms with Crippen LogP contribution in [0, 0.1) is 12.8 Å². The molecule has 1 aromatic heterocycles. The molecule has 29 heavy (non-hydrogen) atoms. The third-order valence-electron chi connectivity index (χ3n) is 6.58. The Morgan fingerprint density at radius 3 is 2.79 bits per heavy atom. The maximum absolute atomic E-state index is 13.7. The Kier molecular flexibility index (Phi) is 6.06. The number of hydrogen-bond acceptors (Lipinski definition) is 5. The first-order valence-electron chi connectivity index (χ1n) is 10.7. The van der Waals surface area contributed by atoms with Crippen molar-refractivity contribution in [3.05, 3.63) is 11.8 Å². The minimum absolute atomic E-state index is 0.0770. The van der Waals surface area contributed by atoms with Gasteiger partial charge in [0.05, 0.1) is 24.9 Å². The number of nitrogens with one attached hydrogen (secondary N) is 1. The molecule has 4 rings (SSSR count). The normalized spacial score (nSPS) is 29.4. The van der Waals surface area contributed by atoms with Crippen molar-refractivity contribution in [3.8, 4) is 0 Å². The number of halogens is 2. The third-order valence-corrected chi connectivity index (χ3v) is 6.58. The highest BCUT2D eigenvalue weighted by atomic mass is 19.3. The summed E-state index contributed by atoms with van der Waals surface area (Å²) < 4.78 is 34.2. The molecule has 7 nitrogen and oxygen atoms in total. The number of likely N-dealkylation sites (tertiary alicyclic amines) is 1. The molecule has 0 radical (unpaired) electrons. The molecule has 1 N–H and O–H groups in total. The molecule has 0 bridgehead atoms. The molecule has 0 spiro atoms. The minimum Gasteiger partial charge on any atom is -0.379 e. The zero-order valence-electron chi connectivity index (χ0n) is 17.2. The number of amides is 1. The lowest BCUT2D eigenvalue weighted by molar-refractivity contribution is -0.140. The summed E-state index contributed by atoms with van der Waals surface area (Å²) in [5.74, 6) is 0.961. The van der Waals surface area contributed by atoms with E-state index in [9.17, 15) is 13.6 Å². The summed E-state index contributed by atoms with van der Waals surface area (Å²) in [4.78, 5) is 17.2. The highest BCUT2D eigenvalue weighted by molar-refractivity contribution is 5.81. The second-order valence-electron chi connectivity index (χ2n) is 8.51. The van der Waals surface area contributed by atoms with Gasteiger partial charge in [0.1, 0.15) is 11.9 Å². The fourth-order valence-corrected chi connectivity index (χ4v) is 4.93. The molecule has 3 aliphatic rings. The molecule has 1 amide bonds. The van der Waals surface area contributed by atoms with E-state index in [4.69, 9.17) is 4.74 Å². The summed E-state index contributed by atoms with van der Waals surface area (Å²) in [6.07, 6.45) is -0.281. The van der Waals surface area contributed by atoms with Gasteiger partial charge in [-0.1, -0.05) is 0 Å². The molecule has 2 saturated heterocycles. The average Bonchev–Trinajstić information content (AvgIpc) is 3.12. The van der Waals surface area contributed by atoms with Crippen molar-refractivity contribution >= 4 is 11.7 Å². The molecule has 0 unspecified atom stereocenters. The van der Waals surface area contributed by atoms with Gasteiger partial charge < -0.3 is 15.0 Å². The second-order valence-corrected chi connectivity index (χ2v) is 8.51. The lowest BCUT2D eigenvalue weighted by Crippen LogP contribution is -2.54. The average molecular weight is 411 g/mol. The first kappa shape index (κ1) is 20.5. The van der Waals surface area contributed by atoms with Crippen molar-refractivity contribution in [2.24, 2.45) is 5.92 Å². The van der Waals surface area contributed by atoms with E-state index in [0.29, 0.717) is 32.0 Å². The van der Waals surface area contributed by atoms with E-state index in [1.54, 1.807) is 0 Å². The van der Waals surface area contributed by atoms with Gasteiger partial charge in [0.2, 0.25) is 5.91 Å². The van der Waals surface area contributed by atoms with Crippen LogP contribution in [0.2, 0.25) is 0 Å². The number of morpholine rings is 1. The number of hydrogen-bond donors (Lipinski definition) is 1. The number of aryl methyl sites for hydroxylation is 1. The van der Waals surface area contributed by atoms with Crippen molar-refractivity contribution in [1.29, 1.82) is 0 Å². The van der Waals surface area contributed by atoms with Crippen molar-refractivity contribution in [3.63, 3.8) is 0 Å². The van der Waals surface area contributed by atoms with Crippen LogP contribution in [0.15, 0.2) is 6.07 Å². The van der Waals surface area contributed by atoms with Gasteiger partial charge >= 0.3 is 0 Å². The molecule has 4 heterocycles. The summed E-state index contributed by atoms with van der Waals surface area (Å²) >= 11 is 0. The maximum atomic E-state index is 13.7. The highest BCUT2D eigenvalue weighted by Gasteiger charge is 2.39. The number of alkyl halides is 2. The molecule has 9 heteroatoms. The summed E-state index contributed by atoms with van der Waals surface area (Å²) in [7, 11) is 0. The number of carbonyl (C=O) groups excluding carboxylic acids is 1. The number of carbonyl (C=O) groups is 1. The molecule has 0 saturated carbocycles. The molecule has 1 aromatic rings. The number of rotatable bonds is 4. The lowest BCUT2D eigenvalue weighted by atomic mass is 9.85. The summed E-state index contributed by atoms with van der Waals surface area (Å²) in [6, 6.07) is 0.665. The fraction of sp³-hybridized carbons (Fsp3) is 0.800. The predicted molar refractivity (Wildman–Crippen MR) is 105 cm³/mol. The molecule has 4 atom stereocenters. The van der Waals surface area contributed by atoms with Crippen LogP contribution in [0.1, 0.15) is 37.9 Å². The van der Waals surface area contributed by atoms with E-state index in [1.807, 2.05) is 24.8 Å². The largest absolute Gasteiger partial charge is 0.379 e. The van der Waals surface area contributed by atoms with Crippen LogP contribution in [-0.2, 0) is 9.53 Å². The fourth-order valence-electron chi connectivity index (χ4n) is 4.93. The van der Waals surface area contributed by atoms with Crippen molar-refractivity contribution in [1.82, 2.24) is 19.6 Å². The Morgan fingerprint density at radius 1 is 1.31 bits per heavy atom.